The first-order chi connectivity index (χ1) is 15.0. The first-order valence-electron chi connectivity index (χ1n) is 10.3. The van der Waals surface area contributed by atoms with Crippen molar-refractivity contribution in [3.05, 3.63) is 51.7 Å². The molecule has 0 spiro atoms. The van der Waals surface area contributed by atoms with Crippen molar-refractivity contribution in [3.8, 4) is 5.75 Å². The van der Waals surface area contributed by atoms with E-state index < -0.39 is 0 Å². The highest BCUT2D eigenvalue weighted by molar-refractivity contribution is 7.10. The molecule has 1 aromatic carbocycles. The van der Waals surface area contributed by atoms with Crippen LogP contribution < -0.4 is 4.74 Å². The molecule has 1 aliphatic rings. The van der Waals surface area contributed by atoms with Gasteiger partial charge in [0.25, 0.3) is 0 Å². The number of nitrogens with zero attached hydrogens (tertiary/aromatic N) is 2. The third-order valence-electron chi connectivity index (χ3n) is 5.42. The molecule has 168 valence electrons. The van der Waals surface area contributed by atoms with Crippen molar-refractivity contribution in [1.82, 2.24) is 9.80 Å². The number of benzene rings is 1. The molecule has 0 aliphatic carbocycles. The van der Waals surface area contributed by atoms with Crippen molar-refractivity contribution in [1.29, 1.82) is 0 Å². The minimum Gasteiger partial charge on any atom is -0.491 e. The lowest BCUT2D eigenvalue weighted by molar-refractivity contribution is -0.145. The van der Waals surface area contributed by atoms with Crippen molar-refractivity contribution >= 4 is 23.2 Å². The summed E-state index contributed by atoms with van der Waals surface area (Å²) in [4.78, 5) is 30.3. The minimum atomic E-state index is -0.228. The van der Waals surface area contributed by atoms with Crippen LogP contribution in [0.3, 0.4) is 0 Å². The summed E-state index contributed by atoms with van der Waals surface area (Å²) in [7, 11) is 3.04. The predicted octanol–water partition coefficient (Wildman–Crippen LogP) is 2.68. The van der Waals surface area contributed by atoms with E-state index in [0.717, 1.165) is 23.3 Å². The van der Waals surface area contributed by atoms with Gasteiger partial charge in [-0.15, -0.1) is 11.3 Å². The van der Waals surface area contributed by atoms with Crippen LogP contribution in [-0.2, 0) is 25.5 Å². The van der Waals surface area contributed by atoms with Gasteiger partial charge < -0.3 is 24.0 Å². The third kappa shape index (κ3) is 5.84. The maximum Gasteiger partial charge on any atom is 0.249 e. The van der Waals surface area contributed by atoms with E-state index in [1.54, 1.807) is 18.4 Å². The topological polar surface area (TPSA) is 68.3 Å². The van der Waals surface area contributed by atoms with E-state index in [0.29, 0.717) is 26.3 Å². The largest absolute Gasteiger partial charge is 0.491 e. The van der Waals surface area contributed by atoms with Gasteiger partial charge in [0.1, 0.15) is 19.0 Å². The molecule has 0 unspecified atom stereocenters. The van der Waals surface area contributed by atoms with E-state index in [9.17, 15) is 9.59 Å². The monoisotopic (exact) mass is 446 g/mol. The molecule has 1 aromatic heterocycles. The zero-order valence-corrected chi connectivity index (χ0v) is 19.2. The number of aryl methyl sites for hydroxylation is 1. The summed E-state index contributed by atoms with van der Waals surface area (Å²) in [5.74, 6) is 0.485. The number of thiophene rings is 1. The summed E-state index contributed by atoms with van der Waals surface area (Å²) in [6, 6.07) is 9.74. The summed E-state index contributed by atoms with van der Waals surface area (Å²) in [6.07, 6.45) is 0.809. The lowest BCUT2D eigenvalue weighted by atomic mass is 10.0. The molecular formula is C23H30N2O5S. The Hall–Kier alpha value is -2.42. The second-order valence-corrected chi connectivity index (χ2v) is 8.47. The second kappa shape index (κ2) is 11.3. The van der Waals surface area contributed by atoms with Gasteiger partial charge in [-0.2, -0.15) is 0 Å². The van der Waals surface area contributed by atoms with Crippen LogP contribution in [0.25, 0.3) is 0 Å². The Kier molecular flexibility index (Phi) is 8.45. The summed E-state index contributed by atoms with van der Waals surface area (Å²) in [5, 5.41) is 2.06. The van der Waals surface area contributed by atoms with Gasteiger partial charge in [0, 0.05) is 32.2 Å². The van der Waals surface area contributed by atoms with Crippen LogP contribution in [0.4, 0.5) is 0 Å². The number of carbonyl (C=O) groups excluding carboxylic acids is 2. The molecule has 2 aromatic rings. The normalized spacial score (nSPS) is 15.5. The molecule has 0 N–H and O–H groups in total. The van der Waals surface area contributed by atoms with Crippen molar-refractivity contribution in [3.63, 3.8) is 0 Å². The van der Waals surface area contributed by atoms with Gasteiger partial charge in [0.15, 0.2) is 0 Å². The van der Waals surface area contributed by atoms with Gasteiger partial charge in [-0.05, 0) is 42.0 Å². The highest BCUT2D eigenvalue weighted by atomic mass is 32.1. The molecular weight excluding hydrogens is 416 g/mol. The molecule has 0 bridgehead atoms. The molecule has 1 atom stereocenters. The molecule has 0 saturated heterocycles. The number of rotatable bonds is 10. The Bertz CT molecular complexity index is 884. The zero-order chi connectivity index (χ0) is 22.2. The summed E-state index contributed by atoms with van der Waals surface area (Å²) in [5.41, 5.74) is 2.18. The minimum absolute atomic E-state index is 0.00805. The number of amides is 2. The number of para-hydroxylation sites is 1. The lowest BCUT2D eigenvalue weighted by Crippen LogP contribution is -2.49. The number of carbonyl (C=O) groups is 2. The Morgan fingerprint density at radius 2 is 2.00 bits per heavy atom. The van der Waals surface area contributed by atoms with E-state index in [4.69, 9.17) is 14.2 Å². The van der Waals surface area contributed by atoms with Crippen LogP contribution in [0.5, 0.6) is 5.75 Å². The maximum absolute atomic E-state index is 13.3. The van der Waals surface area contributed by atoms with E-state index in [2.05, 4.69) is 11.4 Å². The SMILES string of the molecule is COCCN(CC(=O)N1CCc2sccc2[C@@H]1COc1ccccc1C)C(=O)COC. The molecule has 2 amide bonds. The average Bonchev–Trinajstić information content (AvgIpc) is 3.25. The van der Waals surface area contributed by atoms with E-state index in [1.165, 1.54) is 16.9 Å². The van der Waals surface area contributed by atoms with E-state index in [-0.39, 0.29) is 31.0 Å². The van der Waals surface area contributed by atoms with E-state index >= 15 is 0 Å². The lowest BCUT2D eigenvalue weighted by Gasteiger charge is -2.37. The van der Waals surface area contributed by atoms with Crippen molar-refractivity contribution in [2.45, 2.75) is 19.4 Å². The molecule has 0 radical (unpaired) electrons. The molecule has 8 heteroatoms. The highest BCUT2D eigenvalue weighted by Gasteiger charge is 2.33. The third-order valence-corrected chi connectivity index (χ3v) is 6.41. The number of hydrogen-bond acceptors (Lipinski definition) is 6. The average molecular weight is 447 g/mol. The molecule has 0 saturated carbocycles. The maximum atomic E-state index is 13.3. The standard InChI is InChI=1S/C23H30N2O5S/c1-17-6-4-5-7-20(17)30-15-19-18-9-13-31-21(18)8-10-25(19)22(26)14-24(11-12-28-2)23(27)16-29-3/h4-7,9,13,19H,8,10-12,14-16H2,1-3H3/t19-/m0/s1. The fourth-order valence-electron chi connectivity index (χ4n) is 3.72. The Morgan fingerprint density at radius 1 is 1.19 bits per heavy atom. The van der Waals surface area contributed by atoms with Crippen molar-refractivity contribution in [2.75, 3.05) is 53.7 Å². The van der Waals surface area contributed by atoms with Crippen LogP contribution in [-0.4, -0.2) is 75.3 Å². The molecule has 3 rings (SSSR count). The fourth-order valence-corrected chi connectivity index (χ4v) is 4.65. The molecule has 0 fully saturated rings. The van der Waals surface area contributed by atoms with Crippen LogP contribution in [0.15, 0.2) is 35.7 Å². The number of methoxy groups -OCH3 is 2. The van der Waals surface area contributed by atoms with Crippen LogP contribution in [0.2, 0.25) is 0 Å². The van der Waals surface area contributed by atoms with Crippen LogP contribution in [0, 0.1) is 6.92 Å². The highest BCUT2D eigenvalue weighted by Crippen LogP contribution is 2.34. The van der Waals surface area contributed by atoms with Gasteiger partial charge in [-0.3, -0.25) is 9.59 Å². The summed E-state index contributed by atoms with van der Waals surface area (Å²) < 4.78 is 16.2. The van der Waals surface area contributed by atoms with Crippen LogP contribution >= 0.6 is 11.3 Å². The van der Waals surface area contributed by atoms with E-state index in [1.807, 2.05) is 36.1 Å². The Labute approximate surface area is 187 Å². The van der Waals surface area contributed by atoms with Crippen molar-refractivity contribution in [2.24, 2.45) is 0 Å². The smallest absolute Gasteiger partial charge is 0.249 e. The Morgan fingerprint density at radius 3 is 2.74 bits per heavy atom. The molecule has 1 aliphatic heterocycles. The predicted molar refractivity (Wildman–Crippen MR) is 119 cm³/mol. The molecule has 2 heterocycles. The van der Waals surface area contributed by atoms with Gasteiger partial charge in [0.2, 0.25) is 11.8 Å². The quantitative estimate of drug-likeness (QED) is 0.561. The number of hydrogen-bond donors (Lipinski definition) is 0. The number of ether oxygens (including phenoxy) is 3. The summed E-state index contributed by atoms with van der Waals surface area (Å²) in [6.45, 7) is 3.60. The van der Waals surface area contributed by atoms with Gasteiger partial charge >= 0.3 is 0 Å². The number of fused-ring (bicyclic) bond motifs is 1. The summed E-state index contributed by atoms with van der Waals surface area (Å²) >= 11 is 1.71. The second-order valence-electron chi connectivity index (χ2n) is 7.47. The van der Waals surface area contributed by atoms with Gasteiger partial charge in [0.05, 0.1) is 19.2 Å². The van der Waals surface area contributed by atoms with Gasteiger partial charge in [-0.25, -0.2) is 0 Å². The molecule has 7 nitrogen and oxygen atoms in total. The first-order valence-corrected chi connectivity index (χ1v) is 11.2. The Balaban J connectivity index is 1.76. The van der Waals surface area contributed by atoms with Crippen LogP contribution in [0.1, 0.15) is 22.0 Å². The van der Waals surface area contributed by atoms with Crippen molar-refractivity contribution < 1.29 is 23.8 Å². The zero-order valence-electron chi connectivity index (χ0n) is 18.3. The fraction of sp³-hybridized carbons (Fsp3) is 0.478. The molecule has 31 heavy (non-hydrogen) atoms. The first kappa shape index (κ1) is 23.2. The van der Waals surface area contributed by atoms with Gasteiger partial charge in [-0.1, -0.05) is 18.2 Å².